The van der Waals surface area contributed by atoms with Gasteiger partial charge in [0.2, 0.25) is 0 Å². The highest BCUT2D eigenvalue weighted by Crippen LogP contribution is 2.19. The van der Waals surface area contributed by atoms with E-state index in [1.54, 1.807) is 31.2 Å². The molecule has 7 nitrogen and oxygen atoms in total. The zero-order valence-corrected chi connectivity index (χ0v) is 13.3. The molecule has 22 heavy (non-hydrogen) atoms. The van der Waals surface area contributed by atoms with Crippen molar-refractivity contribution < 1.29 is 24.2 Å². The summed E-state index contributed by atoms with van der Waals surface area (Å²) in [7, 11) is 1.21. The Bertz CT molecular complexity index is 547. The highest BCUT2D eigenvalue weighted by atomic mass is 32.2. The summed E-state index contributed by atoms with van der Waals surface area (Å²) in [6.45, 7) is 1.73. The average Bonchev–Trinajstić information content (AvgIpc) is 2.51. The summed E-state index contributed by atoms with van der Waals surface area (Å²) in [4.78, 5) is 36.4. The Hall–Kier alpha value is -2.22. The third-order valence-electron chi connectivity index (χ3n) is 2.81. The van der Waals surface area contributed by atoms with Crippen LogP contribution >= 0.6 is 11.8 Å². The van der Waals surface area contributed by atoms with Gasteiger partial charge in [0, 0.05) is 11.9 Å². The molecule has 1 aromatic carbocycles. The fourth-order valence-electron chi connectivity index (χ4n) is 1.61. The first-order valence-corrected chi connectivity index (χ1v) is 7.70. The molecule has 0 radical (unpaired) electrons. The number of carbonyl (C=O) groups is 3. The molecule has 1 atom stereocenters. The molecule has 0 fully saturated rings. The van der Waals surface area contributed by atoms with Crippen LogP contribution in [-0.2, 0) is 9.53 Å². The van der Waals surface area contributed by atoms with E-state index in [1.165, 1.54) is 18.8 Å². The van der Waals surface area contributed by atoms with Crippen LogP contribution in [0, 0.1) is 0 Å². The van der Waals surface area contributed by atoms with Crippen LogP contribution in [0.5, 0.6) is 0 Å². The van der Waals surface area contributed by atoms with E-state index in [1.807, 2.05) is 6.26 Å². The third-order valence-corrected chi connectivity index (χ3v) is 3.55. The quantitative estimate of drug-likeness (QED) is 0.806. The lowest BCUT2D eigenvalue weighted by atomic mass is 10.1. The topological polar surface area (TPSA) is 95.9 Å². The summed E-state index contributed by atoms with van der Waals surface area (Å²) in [6, 6.07) is 4.67. The predicted molar refractivity (Wildman–Crippen MR) is 81.9 cm³/mol. The van der Waals surface area contributed by atoms with E-state index in [2.05, 4.69) is 10.1 Å². The predicted octanol–water partition coefficient (Wildman–Crippen LogP) is 2.33. The molecule has 0 aliphatic carbocycles. The van der Waals surface area contributed by atoms with Gasteiger partial charge in [0.25, 0.3) is 0 Å². The lowest BCUT2D eigenvalue weighted by Crippen LogP contribution is -2.44. The summed E-state index contributed by atoms with van der Waals surface area (Å²) < 4.78 is 4.68. The van der Waals surface area contributed by atoms with Gasteiger partial charge in [0.05, 0.1) is 6.61 Å². The Morgan fingerprint density at radius 3 is 2.36 bits per heavy atom. The Morgan fingerprint density at radius 1 is 1.32 bits per heavy atom. The normalized spacial score (nSPS) is 11.4. The summed E-state index contributed by atoms with van der Waals surface area (Å²) >= 11 is 1.52. The molecule has 1 unspecified atom stereocenters. The molecular formula is C14H18N2O5S. The van der Waals surface area contributed by atoms with Gasteiger partial charge in [0.15, 0.2) is 6.04 Å². The van der Waals surface area contributed by atoms with E-state index in [4.69, 9.17) is 0 Å². The minimum atomic E-state index is -1.25. The number of rotatable bonds is 5. The van der Waals surface area contributed by atoms with Crippen molar-refractivity contribution in [2.75, 3.05) is 19.9 Å². The SMILES string of the molecule is CCOC(=O)N(C)C(=O)NC(C(=O)O)c1ccc(SC)cc1. The van der Waals surface area contributed by atoms with E-state index in [0.29, 0.717) is 10.5 Å². The summed E-state index contributed by atoms with van der Waals surface area (Å²) in [5.41, 5.74) is 0.413. The number of carboxylic acid groups (broad SMARTS) is 1. The van der Waals surface area contributed by atoms with Gasteiger partial charge in [-0.1, -0.05) is 12.1 Å². The van der Waals surface area contributed by atoms with Crippen LogP contribution in [0.15, 0.2) is 29.2 Å². The van der Waals surface area contributed by atoms with Crippen LogP contribution in [0.1, 0.15) is 18.5 Å². The number of urea groups is 1. The lowest BCUT2D eigenvalue weighted by Gasteiger charge is -2.20. The van der Waals surface area contributed by atoms with Crippen LogP contribution < -0.4 is 5.32 Å². The van der Waals surface area contributed by atoms with Gasteiger partial charge in [-0.2, -0.15) is 0 Å². The number of nitrogens with one attached hydrogen (secondary N) is 1. The second-order valence-corrected chi connectivity index (χ2v) is 5.13. The van der Waals surface area contributed by atoms with E-state index < -0.39 is 24.1 Å². The molecule has 0 bridgehead atoms. The Labute approximate surface area is 132 Å². The van der Waals surface area contributed by atoms with E-state index >= 15 is 0 Å². The molecule has 0 saturated carbocycles. The molecule has 0 heterocycles. The van der Waals surface area contributed by atoms with Crippen LogP contribution in [0.4, 0.5) is 9.59 Å². The maximum absolute atomic E-state index is 11.9. The number of imide groups is 1. The second-order valence-electron chi connectivity index (χ2n) is 4.25. The van der Waals surface area contributed by atoms with Crippen molar-refractivity contribution >= 4 is 29.9 Å². The molecule has 8 heteroatoms. The van der Waals surface area contributed by atoms with Crippen LogP contribution in [0.25, 0.3) is 0 Å². The molecule has 120 valence electrons. The van der Waals surface area contributed by atoms with E-state index in [-0.39, 0.29) is 6.61 Å². The van der Waals surface area contributed by atoms with Crippen molar-refractivity contribution in [3.63, 3.8) is 0 Å². The zero-order chi connectivity index (χ0) is 16.7. The van der Waals surface area contributed by atoms with Crippen molar-refractivity contribution in [2.45, 2.75) is 17.9 Å². The third kappa shape index (κ3) is 4.66. The van der Waals surface area contributed by atoms with Gasteiger partial charge in [0.1, 0.15) is 0 Å². The molecule has 1 rings (SSSR count). The number of aliphatic carboxylic acids is 1. The number of carboxylic acids is 1. The van der Waals surface area contributed by atoms with Crippen molar-refractivity contribution in [2.24, 2.45) is 0 Å². The number of ether oxygens (including phenoxy) is 1. The maximum atomic E-state index is 11.9. The smallest absolute Gasteiger partial charge is 0.417 e. The average molecular weight is 326 g/mol. The largest absolute Gasteiger partial charge is 0.479 e. The summed E-state index contributed by atoms with van der Waals surface area (Å²) in [6.07, 6.45) is 1.06. The van der Waals surface area contributed by atoms with Crippen molar-refractivity contribution in [1.29, 1.82) is 0 Å². The van der Waals surface area contributed by atoms with Crippen molar-refractivity contribution in [1.82, 2.24) is 10.2 Å². The van der Waals surface area contributed by atoms with Gasteiger partial charge < -0.3 is 15.2 Å². The van der Waals surface area contributed by atoms with E-state index in [9.17, 15) is 19.5 Å². The molecule has 0 aliphatic heterocycles. The Morgan fingerprint density at radius 2 is 1.91 bits per heavy atom. The summed E-state index contributed by atoms with van der Waals surface area (Å²) in [5.74, 6) is -1.22. The number of hydrogen-bond donors (Lipinski definition) is 2. The van der Waals surface area contributed by atoms with E-state index in [0.717, 1.165) is 4.90 Å². The van der Waals surface area contributed by atoms with Crippen LogP contribution in [0.3, 0.4) is 0 Å². The number of thioether (sulfide) groups is 1. The minimum absolute atomic E-state index is 0.120. The van der Waals surface area contributed by atoms with Gasteiger partial charge in [-0.05, 0) is 30.9 Å². The second kappa shape index (κ2) is 8.28. The minimum Gasteiger partial charge on any atom is -0.479 e. The Kier molecular flexibility index (Phi) is 6.71. The van der Waals surface area contributed by atoms with Gasteiger partial charge in [-0.25, -0.2) is 19.3 Å². The molecular weight excluding hydrogens is 308 g/mol. The van der Waals surface area contributed by atoms with Crippen LogP contribution in [0.2, 0.25) is 0 Å². The van der Waals surface area contributed by atoms with Gasteiger partial charge >= 0.3 is 18.1 Å². The van der Waals surface area contributed by atoms with Crippen molar-refractivity contribution in [3.8, 4) is 0 Å². The fraction of sp³-hybridized carbons (Fsp3) is 0.357. The molecule has 1 aromatic rings. The fourth-order valence-corrected chi connectivity index (χ4v) is 2.02. The number of nitrogens with zero attached hydrogens (tertiary/aromatic N) is 1. The highest BCUT2D eigenvalue weighted by Gasteiger charge is 2.26. The van der Waals surface area contributed by atoms with Gasteiger partial charge in [-0.3, -0.25) is 0 Å². The molecule has 2 N–H and O–H groups in total. The molecule has 0 spiro atoms. The van der Waals surface area contributed by atoms with Gasteiger partial charge in [-0.15, -0.1) is 11.8 Å². The molecule has 0 aromatic heterocycles. The molecule has 0 saturated heterocycles. The first-order valence-electron chi connectivity index (χ1n) is 6.48. The number of carbonyl (C=O) groups excluding carboxylic acids is 2. The molecule has 0 aliphatic rings. The summed E-state index contributed by atoms with van der Waals surface area (Å²) in [5, 5.41) is 11.6. The number of benzene rings is 1. The Balaban J connectivity index is 2.85. The first kappa shape index (κ1) is 17.8. The number of hydrogen-bond acceptors (Lipinski definition) is 5. The zero-order valence-electron chi connectivity index (χ0n) is 12.5. The lowest BCUT2D eigenvalue weighted by molar-refractivity contribution is -0.139. The highest BCUT2D eigenvalue weighted by molar-refractivity contribution is 7.98. The van der Waals surface area contributed by atoms with Crippen molar-refractivity contribution in [3.05, 3.63) is 29.8 Å². The maximum Gasteiger partial charge on any atom is 0.417 e. The molecule has 3 amide bonds. The number of amides is 3. The van der Waals surface area contributed by atoms with Crippen LogP contribution in [-0.4, -0.2) is 48.0 Å². The standard InChI is InChI=1S/C14H18N2O5S/c1-4-21-14(20)16(2)13(19)15-11(12(17)18)9-5-7-10(22-3)8-6-9/h5-8,11H,4H2,1-3H3,(H,15,19)(H,17,18). The first-order chi connectivity index (χ1) is 10.4. The monoisotopic (exact) mass is 326 g/mol.